The van der Waals surface area contributed by atoms with E-state index < -0.39 is 6.23 Å². The van der Waals surface area contributed by atoms with Gasteiger partial charge in [-0.3, -0.25) is 14.9 Å². The number of benzene rings is 1. The molecule has 8 heteroatoms. The molecule has 8 nitrogen and oxygen atoms in total. The second kappa shape index (κ2) is 10.5. The Kier molecular flexibility index (Phi) is 8.63. The van der Waals surface area contributed by atoms with Crippen molar-refractivity contribution in [2.24, 2.45) is 5.16 Å². The van der Waals surface area contributed by atoms with Crippen molar-refractivity contribution in [3.05, 3.63) is 35.4 Å². The summed E-state index contributed by atoms with van der Waals surface area (Å²) in [5.41, 5.74) is 1.32. The zero-order valence-corrected chi connectivity index (χ0v) is 14.1. The van der Waals surface area contributed by atoms with E-state index in [1.807, 2.05) is 0 Å². The van der Waals surface area contributed by atoms with Gasteiger partial charge in [0, 0.05) is 19.2 Å². The first-order valence-electron chi connectivity index (χ1n) is 7.54. The van der Waals surface area contributed by atoms with E-state index in [9.17, 15) is 14.7 Å². The number of likely N-dealkylation sites (N-methyl/N-ethyl adjacent to an activating group) is 1. The summed E-state index contributed by atoms with van der Waals surface area (Å²) in [5.74, 6) is -0.175. The van der Waals surface area contributed by atoms with Crippen molar-refractivity contribution in [2.45, 2.75) is 19.2 Å². The van der Waals surface area contributed by atoms with Crippen LogP contribution in [-0.2, 0) is 9.63 Å². The van der Waals surface area contributed by atoms with Crippen LogP contribution in [0.2, 0.25) is 0 Å². The van der Waals surface area contributed by atoms with Crippen LogP contribution in [0.5, 0.6) is 0 Å². The second-order valence-corrected chi connectivity index (χ2v) is 5.11. The average molecular weight is 336 g/mol. The highest BCUT2D eigenvalue weighted by molar-refractivity contribution is 5.94. The second-order valence-electron chi connectivity index (χ2n) is 5.11. The summed E-state index contributed by atoms with van der Waals surface area (Å²) in [6.45, 7) is 1.72. The predicted molar refractivity (Wildman–Crippen MR) is 90.9 cm³/mol. The van der Waals surface area contributed by atoms with Crippen molar-refractivity contribution in [2.75, 3.05) is 27.2 Å². The Morgan fingerprint density at radius 2 is 1.96 bits per heavy atom. The van der Waals surface area contributed by atoms with Gasteiger partial charge in [-0.1, -0.05) is 17.3 Å². The summed E-state index contributed by atoms with van der Waals surface area (Å²) in [7, 11) is 3.25. The molecule has 2 unspecified atom stereocenters. The van der Waals surface area contributed by atoms with Gasteiger partial charge in [-0.15, -0.1) is 0 Å². The molecule has 0 saturated carbocycles. The normalized spacial score (nSPS) is 13.5. The van der Waals surface area contributed by atoms with Crippen LogP contribution in [0.3, 0.4) is 0 Å². The zero-order chi connectivity index (χ0) is 17.9. The number of nitrogens with one attached hydrogen (secondary N) is 3. The molecule has 4 N–H and O–H groups in total. The Morgan fingerprint density at radius 3 is 2.50 bits per heavy atom. The molecule has 1 rings (SSSR count). The monoisotopic (exact) mass is 336 g/mol. The number of hydrogen-bond donors (Lipinski definition) is 4. The van der Waals surface area contributed by atoms with Gasteiger partial charge in [0.05, 0.1) is 12.3 Å². The third-order valence-corrected chi connectivity index (χ3v) is 3.31. The number of rotatable bonds is 10. The molecule has 0 spiro atoms. The van der Waals surface area contributed by atoms with Gasteiger partial charge in [-0.05, 0) is 31.7 Å². The molecule has 132 valence electrons. The quantitative estimate of drug-likeness (QED) is 0.260. The predicted octanol–water partition coefficient (Wildman–Crippen LogP) is -0.518. The van der Waals surface area contributed by atoms with E-state index in [4.69, 9.17) is 4.84 Å². The number of Topliss-reactive ketones (excluding diaryl/α,β-unsaturated/α-hetero) is 1. The van der Waals surface area contributed by atoms with Crippen LogP contribution in [0, 0.1) is 0 Å². The van der Waals surface area contributed by atoms with Crippen LogP contribution < -0.4 is 16.0 Å². The lowest BCUT2D eigenvalue weighted by atomic mass is 10.1. The molecule has 0 aliphatic carbocycles. The van der Waals surface area contributed by atoms with Gasteiger partial charge in [0.2, 0.25) is 0 Å². The molecular formula is C16H24N4O4. The van der Waals surface area contributed by atoms with E-state index in [1.54, 1.807) is 38.4 Å². The highest BCUT2D eigenvalue weighted by Crippen LogP contribution is 2.02. The Morgan fingerprint density at radius 1 is 1.29 bits per heavy atom. The van der Waals surface area contributed by atoms with Crippen molar-refractivity contribution in [3.63, 3.8) is 0 Å². The maximum absolute atomic E-state index is 11.4. The molecule has 0 heterocycles. The third kappa shape index (κ3) is 6.86. The fourth-order valence-electron chi connectivity index (χ4n) is 1.84. The van der Waals surface area contributed by atoms with Crippen LogP contribution in [-0.4, -0.2) is 62.5 Å². The molecule has 0 aliphatic rings. The number of aliphatic hydroxyl groups is 1. The molecule has 1 aromatic carbocycles. The van der Waals surface area contributed by atoms with Gasteiger partial charge >= 0.3 is 0 Å². The summed E-state index contributed by atoms with van der Waals surface area (Å²) >= 11 is 0. The summed E-state index contributed by atoms with van der Waals surface area (Å²) in [5, 5.41) is 21.6. The number of aliphatic hydroxyl groups excluding tert-OH is 1. The van der Waals surface area contributed by atoms with E-state index in [-0.39, 0.29) is 24.3 Å². The number of carbonyl (C=O) groups excluding carboxylic acids is 2. The summed E-state index contributed by atoms with van der Waals surface area (Å²) < 4.78 is 0. The van der Waals surface area contributed by atoms with Crippen LogP contribution >= 0.6 is 0 Å². The van der Waals surface area contributed by atoms with Crippen LogP contribution in [0.25, 0.3) is 0 Å². The van der Waals surface area contributed by atoms with Crippen molar-refractivity contribution in [3.8, 4) is 0 Å². The summed E-state index contributed by atoms with van der Waals surface area (Å²) in [6, 6.07) is 6.46. The van der Waals surface area contributed by atoms with E-state index in [0.29, 0.717) is 12.1 Å². The SMILES string of the molecule is CNC(=O)c1ccc(/C=N\OCC(O)NCC(NC)C(C)=O)cc1. The Bertz CT molecular complexity index is 560. The number of amides is 1. The fraction of sp³-hybridized carbons (Fsp3) is 0.438. The maximum atomic E-state index is 11.4. The molecule has 1 amide bonds. The lowest BCUT2D eigenvalue weighted by Gasteiger charge is -2.16. The number of ketones is 1. The lowest BCUT2D eigenvalue weighted by molar-refractivity contribution is -0.118. The molecule has 0 aromatic heterocycles. The van der Waals surface area contributed by atoms with Gasteiger partial charge in [0.25, 0.3) is 5.91 Å². The van der Waals surface area contributed by atoms with E-state index >= 15 is 0 Å². The minimum atomic E-state index is -0.937. The Labute approximate surface area is 141 Å². The van der Waals surface area contributed by atoms with E-state index in [0.717, 1.165) is 5.56 Å². The molecule has 0 bridgehead atoms. The largest absolute Gasteiger partial charge is 0.392 e. The van der Waals surface area contributed by atoms with Crippen LogP contribution in [0.15, 0.2) is 29.4 Å². The average Bonchev–Trinajstić information content (AvgIpc) is 2.58. The molecule has 2 atom stereocenters. The first kappa shape index (κ1) is 19.8. The Hall–Kier alpha value is -2.29. The zero-order valence-electron chi connectivity index (χ0n) is 14.1. The van der Waals surface area contributed by atoms with Gasteiger partial charge in [0.15, 0.2) is 6.61 Å². The topological polar surface area (TPSA) is 112 Å². The number of hydrogen-bond acceptors (Lipinski definition) is 7. The molecule has 0 radical (unpaired) electrons. The van der Waals surface area contributed by atoms with E-state index in [2.05, 4.69) is 21.1 Å². The highest BCUT2D eigenvalue weighted by atomic mass is 16.6. The maximum Gasteiger partial charge on any atom is 0.251 e. The van der Waals surface area contributed by atoms with E-state index in [1.165, 1.54) is 13.1 Å². The van der Waals surface area contributed by atoms with Crippen molar-refractivity contribution >= 4 is 17.9 Å². The number of nitrogens with zero attached hydrogens (tertiary/aromatic N) is 1. The summed E-state index contributed by atoms with van der Waals surface area (Å²) in [4.78, 5) is 27.6. The molecule has 0 fully saturated rings. The first-order chi connectivity index (χ1) is 11.5. The standard InChI is InChI=1S/C16H24N4O4/c1-11(21)14(17-2)9-19-15(22)10-24-20-8-12-4-6-13(7-5-12)16(23)18-3/h4-8,14-15,17,19,22H,9-10H2,1-3H3,(H,18,23)/b20-8-. The molecule has 0 saturated heterocycles. The third-order valence-electron chi connectivity index (χ3n) is 3.31. The van der Waals surface area contributed by atoms with Gasteiger partial charge in [-0.2, -0.15) is 0 Å². The molecule has 24 heavy (non-hydrogen) atoms. The smallest absolute Gasteiger partial charge is 0.251 e. The molecule has 0 aliphatic heterocycles. The molecule has 1 aromatic rings. The number of carbonyl (C=O) groups is 2. The van der Waals surface area contributed by atoms with Gasteiger partial charge in [0.1, 0.15) is 12.0 Å². The van der Waals surface area contributed by atoms with Crippen LogP contribution in [0.4, 0.5) is 0 Å². The number of oxime groups is 1. The lowest BCUT2D eigenvalue weighted by Crippen LogP contribution is -2.46. The minimum absolute atomic E-state index is 0.0173. The van der Waals surface area contributed by atoms with Crippen molar-refractivity contribution in [1.29, 1.82) is 0 Å². The minimum Gasteiger partial charge on any atom is -0.392 e. The van der Waals surface area contributed by atoms with Crippen molar-refractivity contribution < 1.29 is 19.5 Å². The van der Waals surface area contributed by atoms with Gasteiger partial charge < -0.3 is 20.6 Å². The molecular weight excluding hydrogens is 312 g/mol. The fourth-order valence-corrected chi connectivity index (χ4v) is 1.84. The van der Waals surface area contributed by atoms with Gasteiger partial charge in [-0.25, -0.2) is 0 Å². The highest BCUT2D eigenvalue weighted by Gasteiger charge is 2.13. The summed E-state index contributed by atoms with van der Waals surface area (Å²) in [6.07, 6.45) is 0.541. The first-order valence-corrected chi connectivity index (χ1v) is 7.54. The van der Waals surface area contributed by atoms with Crippen molar-refractivity contribution in [1.82, 2.24) is 16.0 Å². The van der Waals surface area contributed by atoms with Crippen LogP contribution in [0.1, 0.15) is 22.8 Å². The Balaban J connectivity index is 2.34.